The van der Waals surface area contributed by atoms with Crippen LogP contribution in [0.4, 0.5) is 11.5 Å². The van der Waals surface area contributed by atoms with E-state index in [2.05, 4.69) is 10.3 Å². The topological polar surface area (TPSA) is 88.3 Å². The average molecular weight is 287 g/mol. The van der Waals surface area contributed by atoms with Crippen LogP contribution in [0.2, 0.25) is 0 Å². The monoisotopic (exact) mass is 287 g/mol. The van der Waals surface area contributed by atoms with E-state index in [4.69, 9.17) is 5.11 Å². The van der Waals surface area contributed by atoms with Crippen LogP contribution in [0.3, 0.4) is 0 Å². The van der Waals surface area contributed by atoms with Crippen LogP contribution >= 0.6 is 0 Å². The Morgan fingerprint density at radius 3 is 2.57 bits per heavy atom. The first-order valence-corrected chi connectivity index (χ1v) is 6.73. The van der Waals surface area contributed by atoms with Gasteiger partial charge in [0.1, 0.15) is 12.0 Å². The molecule has 2 N–H and O–H groups in total. The molecule has 0 saturated heterocycles. The molecule has 1 unspecified atom stereocenters. The van der Waals surface area contributed by atoms with E-state index in [9.17, 15) is 10.1 Å². The van der Waals surface area contributed by atoms with Crippen molar-refractivity contribution in [3.63, 3.8) is 0 Å². The number of pyridine rings is 1. The van der Waals surface area contributed by atoms with E-state index in [1.54, 1.807) is 6.07 Å². The third kappa shape index (κ3) is 4.25. The second-order valence-corrected chi connectivity index (χ2v) is 4.63. The number of nitro groups is 1. The average Bonchev–Trinajstić information content (AvgIpc) is 2.52. The zero-order valence-corrected chi connectivity index (χ0v) is 11.5. The van der Waals surface area contributed by atoms with Gasteiger partial charge in [-0.05, 0) is 24.5 Å². The highest BCUT2D eigenvalue weighted by atomic mass is 16.6. The molecule has 1 heterocycles. The Balaban J connectivity index is 2.12. The van der Waals surface area contributed by atoms with Crippen molar-refractivity contribution >= 4 is 11.5 Å². The van der Waals surface area contributed by atoms with E-state index in [0.29, 0.717) is 12.2 Å². The number of aliphatic hydroxyl groups excluding tert-OH is 1. The second-order valence-electron chi connectivity index (χ2n) is 4.63. The molecule has 0 fully saturated rings. The molecule has 0 saturated carbocycles. The Labute approximate surface area is 122 Å². The van der Waals surface area contributed by atoms with Gasteiger partial charge in [-0.2, -0.15) is 0 Å². The normalized spacial score (nSPS) is 11.9. The van der Waals surface area contributed by atoms with Crippen molar-refractivity contribution in [2.75, 3.05) is 11.9 Å². The zero-order chi connectivity index (χ0) is 15.1. The molecule has 1 aromatic carbocycles. The lowest BCUT2D eigenvalue weighted by molar-refractivity contribution is -0.385. The van der Waals surface area contributed by atoms with E-state index in [0.717, 1.165) is 12.0 Å². The lowest BCUT2D eigenvalue weighted by atomic mass is 10.0. The fraction of sp³-hybridized carbons (Fsp3) is 0.267. The zero-order valence-electron chi connectivity index (χ0n) is 11.5. The molecule has 1 aromatic heterocycles. The lowest BCUT2D eigenvalue weighted by Crippen LogP contribution is -2.12. The first-order chi connectivity index (χ1) is 10.2. The maximum absolute atomic E-state index is 10.6. The molecular weight excluding hydrogens is 270 g/mol. The summed E-state index contributed by atoms with van der Waals surface area (Å²) in [6, 6.07) is 12.9. The van der Waals surface area contributed by atoms with E-state index in [1.165, 1.54) is 12.3 Å². The van der Waals surface area contributed by atoms with Crippen LogP contribution in [-0.4, -0.2) is 21.6 Å². The Kier molecular flexibility index (Phi) is 5.22. The van der Waals surface area contributed by atoms with Crippen molar-refractivity contribution in [2.24, 2.45) is 0 Å². The number of rotatable bonds is 7. The second kappa shape index (κ2) is 7.35. The van der Waals surface area contributed by atoms with Gasteiger partial charge in [0.2, 0.25) is 0 Å². The lowest BCUT2D eigenvalue weighted by Gasteiger charge is -2.19. The van der Waals surface area contributed by atoms with Crippen LogP contribution in [0.15, 0.2) is 48.7 Å². The molecule has 0 aliphatic carbocycles. The highest BCUT2D eigenvalue weighted by molar-refractivity contribution is 5.42. The third-order valence-electron chi connectivity index (χ3n) is 3.13. The largest absolute Gasteiger partial charge is 0.396 e. The Morgan fingerprint density at radius 2 is 2.00 bits per heavy atom. The van der Waals surface area contributed by atoms with Crippen LogP contribution in [0, 0.1) is 10.1 Å². The smallest absolute Gasteiger partial charge is 0.287 e. The molecule has 2 aromatic rings. The maximum Gasteiger partial charge on any atom is 0.287 e. The van der Waals surface area contributed by atoms with Gasteiger partial charge in [0.25, 0.3) is 5.69 Å². The molecule has 0 aliphatic heterocycles. The standard InChI is InChI=1S/C15H17N3O3/c19-10-4-7-14(12-5-2-1-3-6-12)17-15-9-8-13(11-16-15)18(20)21/h1-3,5-6,8-9,11,14,19H,4,7,10H2,(H,16,17). The van der Waals surface area contributed by atoms with Crippen LogP contribution in [0.1, 0.15) is 24.4 Å². The van der Waals surface area contributed by atoms with Crippen molar-refractivity contribution in [1.29, 1.82) is 0 Å². The predicted octanol–water partition coefficient (Wildman–Crippen LogP) is 2.92. The van der Waals surface area contributed by atoms with Crippen molar-refractivity contribution in [2.45, 2.75) is 18.9 Å². The molecular formula is C15H17N3O3. The first kappa shape index (κ1) is 14.9. The molecule has 0 amide bonds. The van der Waals surface area contributed by atoms with Crippen LogP contribution in [0.5, 0.6) is 0 Å². The van der Waals surface area contributed by atoms with Gasteiger partial charge in [-0.1, -0.05) is 30.3 Å². The molecule has 0 aliphatic rings. The van der Waals surface area contributed by atoms with Gasteiger partial charge in [-0.25, -0.2) is 4.98 Å². The number of hydrogen-bond donors (Lipinski definition) is 2. The van der Waals surface area contributed by atoms with Crippen molar-refractivity contribution < 1.29 is 10.0 Å². The summed E-state index contributed by atoms with van der Waals surface area (Å²) < 4.78 is 0. The summed E-state index contributed by atoms with van der Waals surface area (Å²) in [6.45, 7) is 0.124. The van der Waals surface area contributed by atoms with Crippen molar-refractivity contribution in [3.05, 3.63) is 64.3 Å². The molecule has 21 heavy (non-hydrogen) atoms. The summed E-state index contributed by atoms with van der Waals surface area (Å²) >= 11 is 0. The molecule has 6 nitrogen and oxygen atoms in total. The van der Waals surface area contributed by atoms with Gasteiger partial charge in [0.15, 0.2) is 0 Å². The molecule has 0 bridgehead atoms. The summed E-state index contributed by atoms with van der Waals surface area (Å²) in [7, 11) is 0. The highest BCUT2D eigenvalue weighted by Crippen LogP contribution is 2.23. The summed E-state index contributed by atoms with van der Waals surface area (Å²) in [4.78, 5) is 14.2. The summed E-state index contributed by atoms with van der Waals surface area (Å²) in [6.07, 6.45) is 2.65. The predicted molar refractivity (Wildman–Crippen MR) is 80.0 cm³/mol. The van der Waals surface area contributed by atoms with Gasteiger partial charge in [0, 0.05) is 12.7 Å². The quantitative estimate of drug-likeness (QED) is 0.604. The number of hydrogen-bond acceptors (Lipinski definition) is 5. The summed E-state index contributed by atoms with van der Waals surface area (Å²) in [5, 5.41) is 22.9. The van der Waals surface area contributed by atoms with Gasteiger partial charge >= 0.3 is 0 Å². The number of nitrogens with one attached hydrogen (secondary N) is 1. The minimum Gasteiger partial charge on any atom is -0.396 e. The molecule has 2 rings (SSSR count). The number of anilines is 1. The van der Waals surface area contributed by atoms with Crippen LogP contribution in [-0.2, 0) is 0 Å². The molecule has 0 radical (unpaired) electrons. The van der Waals surface area contributed by atoms with Crippen molar-refractivity contribution in [3.8, 4) is 0 Å². The van der Waals surface area contributed by atoms with Gasteiger partial charge in [0.05, 0.1) is 11.0 Å². The van der Waals surface area contributed by atoms with E-state index in [-0.39, 0.29) is 18.3 Å². The van der Waals surface area contributed by atoms with Crippen LogP contribution in [0.25, 0.3) is 0 Å². The number of aromatic nitrogens is 1. The van der Waals surface area contributed by atoms with E-state index < -0.39 is 4.92 Å². The Bertz CT molecular complexity index is 572. The van der Waals surface area contributed by atoms with Crippen molar-refractivity contribution in [1.82, 2.24) is 4.98 Å². The van der Waals surface area contributed by atoms with Gasteiger partial charge < -0.3 is 10.4 Å². The molecule has 0 spiro atoms. The third-order valence-corrected chi connectivity index (χ3v) is 3.13. The number of nitrogens with zero attached hydrogens (tertiary/aromatic N) is 2. The van der Waals surface area contributed by atoms with E-state index >= 15 is 0 Å². The maximum atomic E-state index is 10.6. The van der Waals surface area contributed by atoms with Gasteiger partial charge in [-0.3, -0.25) is 10.1 Å². The fourth-order valence-corrected chi connectivity index (χ4v) is 2.06. The molecule has 1 atom stereocenters. The molecule has 6 heteroatoms. The number of aliphatic hydroxyl groups is 1. The first-order valence-electron chi connectivity index (χ1n) is 6.73. The Hall–Kier alpha value is -2.47. The summed E-state index contributed by atoms with van der Waals surface area (Å²) in [5.41, 5.74) is 1.05. The minimum absolute atomic E-state index is 0.00676. The number of benzene rings is 1. The van der Waals surface area contributed by atoms with Gasteiger partial charge in [-0.15, -0.1) is 0 Å². The SMILES string of the molecule is O=[N+]([O-])c1ccc(NC(CCCO)c2ccccc2)nc1. The highest BCUT2D eigenvalue weighted by Gasteiger charge is 2.12. The Morgan fingerprint density at radius 1 is 1.24 bits per heavy atom. The minimum atomic E-state index is -0.475. The summed E-state index contributed by atoms with van der Waals surface area (Å²) in [5.74, 6) is 0.576. The molecule has 110 valence electrons. The van der Waals surface area contributed by atoms with E-state index in [1.807, 2.05) is 30.3 Å². The van der Waals surface area contributed by atoms with Crippen LogP contribution < -0.4 is 5.32 Å². The fourth-order valence-electron chi connectivity index (χ4n) is 2.06.